The predicted molar refractivity (Wildman–Crippen MR) is 125 cm³/mol. The van der Waals surface area contributed by atoms with Crippen LogP contribution in [0.4, 0.5) is 11.8 Å². The highest BCUT2D eigenvalue weighted by Crippen LogP contribution is 2.23. The van der Waals surface area contributed by atoms with Crippen molar-refractivity contribution in [2.45, 2.75) is 26.2 Å². The lowest BCUT2D eigenvalue weighted by atomic mass is 10.1. The summed E-state index contributed by atoms with van der Waals surface area (Å²) in [5, 5.41) is 2.26. The third-order valence-electron chi connectivity index (χ3n) is 6.36. The summed E-state index contributed by atoms with van der Waals surface area (Å²) >= 11 is 0. The maximum Gasteiger partial charge on any atom is 0.253 e. The second-order valence-electron chi connectivity index (χ2n) is 8.56. The van der Waals surface area contributed by atoms with E-state index in [0.29, 0.717) is 13.1 Å². The fourth-order valence-electron chi connectivity index (χ4n) is 4.58. The van der Waals surface area contributed by atoms with E-state index in [1.165, 1.54) is 19.3 Å². The van der Waals surface area contributed by atoms with E-state index in [1.54, 1.807) is 0 Å². The highest BCUT2D eigenvalue weighted by molar-refractivity contribution is 5.98. The van der Waals surface area contributed by atoms with Crippen molar-refractivity contribution in [3.05, 3.63) is 59.8 Å². The van der Waals surface area contributed by atoms with Crippen LogP contribution in [0.25, 0.3) is 10.8 Å². The summed E-state index contributed by atoms with van der Waals surface area (Å²) in [6, 6.07) is 16.2. The SMILES string of the molecule is Cc1cc(N2CCCCC2)nc(N2CCN(C(=O)c3ccc4ccccc4c3)CC2)n1. The summed E-state index contributed by atoms with van der Waals surface area (Å²) < 4.78 is 0. The molecule has 2 aromatic carbocycles. The van der Waals surface area contributed by atoms with Crippen molar-refractivity contribution in [1.82, 2.24) is 14.9 Å². The summed E-state index contributed by atoms with van der Waals surface area (Å²) in [5.74, 6) is 1.93. The first-order valence-electron chi connectivity index (χ1n) is 11.3. The lowest BCUT2D eigenvalue weighted by molar-refractivity contribution is 0.0746. The first kappa shape index (κ1) is 19.8. The molecule has 0 spiro atoms. The molecule has 2 fully saturated rings. The van der Waals surface area contributed by atoms with Gasteiger partial charge in [-0.15, -0.1) is 0 Å². The van der Waals surface area contributed by atoms with Crippen molar-refractivity contribution < 1.29 is 4.79 Å². The van der Waals surface area contributed by atoms with Gasteiger partial charge in [0.25, 0.3) is 5.91 Å². The molecule has 3 aromatic rings. The second kappa shape index (κ2) is 8.53. The van der Waals surface area contributed by atoms with Crippen LogP contribution in [0.2, 0.25) is 0 Å². The van der Waals surface area contributed by atoms with Crippen molar-refractivity contribution in [3.8, 4) is 0 Å². The number of rotatable bonds is 3. The van der Waals surface area contributed by atoms with Crippen molar-refractivity contribution >= 4 is 28.4 Å². The number of nitrogens with zero attached hydrogens (tertiary/aromatic N) is 5. The van der Waals surface area contributed by atoms with Gasteiger partial charge in [-0.2, -0.15) is 4.98 Å². The maximum absolute atomic E-state index is 13.1. The summed E-state index contributed by atoms with van der Waals surface area (Å²) in [5.41, 5.74) is 1.76. The number of carbonyl (C=O) groups excluding carboxylic acids is 1. The monoisotopic (exact) mass is 415 g/mol. The first-order valence-corrected chi connectivity index (χ1v) is 11.3. The molecule has 0 N–H and O–H groups in total. The van der Waals surface area contributed by atoms with Gasteiger partial charge in [0.15, 0.2) is 0 Å². The molecular weight excluding hydrogens is 386 g/mol. The Balaban J connectivity index is 1.27. The van der Waals surface area contributed by atoms with E-state index in [2.05, 4.69) is 28.0 Å². The minimum Gasteiger partial charge on any atom is -0.356 e. The largest absolute Gasteiger partial charge is 0.356 e. The minimum atomic E-state index is 0.101. The number of piperazine rings is 1. The van der Waals surface area contributed by atoms with Crippen LogP contribution in [0, 0.1) is 6.92 Å². The zero-order chi connectivity index (χ0) is 21.2. The van der Waals surface area contributed by atoms with Crippen LogP contribution in [-0.4, -0.2) is 60.0 Å². The van der Waals surface area contributed by atoms with Crippen LogP contribution < -0.4 is 9.80 Å². The Morgan fingerprint density at radius 1 is 0.774 bits per heavy atom. The van der Waals surface area contributed by atoms with Gasteiger partial charge in [0.2, 0.25) is 5.95 Å². The van der Waals surface area contributed by atoms with Gasteiger partial charge in [-0.1, -0.05) is 30.3 Å². The molecular formula is C25H29N5O. The molecule has 1 aromatic heterocycles. The summed E-state index contributed by atoms with van der Waals surface area (Å²) in [6.45, 7) is 7.06. The van der Waals surface area contributed by atoms with E-state index in [1.807, 2.05) is 42.2 Å². The number of amides is 1. The van der Waals surface area contributed by atoms with Gasteiger partial charge in [-0.3, -0.25) is 4.79 Å². The standard InChI is InChI=1S/C25H29N5O/c1-19-17-23(28-11-5-2-6-12-28)27-25(26-19)30-15-13-29(14-16-30)24(31)22-10-9-20-7-3-4-8-21(20)18-22/h3-4,7-10,17-18H,2,5-6,11-16H2,1H3. The fraction of sp³-hybridized carbons (Fsp3) is 0.400. The van der Waals surface area contributed by atoms with Gasteiger partial charge >= 0.3 is 0 Å². The van der Waals surface area contributed by atoms with Gasteiger partial charge in [0, 0.05) is 56.6 Å². The lowest BCUT2D eigenvalue weighted by Crippen LogP contribution is -2.49. The molecule has 3 heterocycles. The number of fused-ring (bicyclic) bond motifs is 1. The zero-order valence-electron chi connectivity index (χ0n) is 18.1. The maximum atomic E-state index is 13.1. The van der Waals surface area contributed by atoms with E-state index in [-0.39, 0.29) is 5.91 Å². The molecule has 160 valence electrons. The van der Waals surface area contributed by atoms with Crippen LogP contribution in [0.3, 0.4) is 0 Å². The van der Waals surface area contributed by atoms with Gasteiger partial charge < -0.3 is 14.7 Å². The molecule has 31 heavy (non-hydrogen) atoms. The van der Waals surface area contributed by atoms with Crippen molar-refractivity contribution in [2.75, 3.05) is 49.1 Å². The van der Waals surface area contributed by atoms with Crippen LogP contribution in [0.1, 0.15) is 35.3 Å². The molecule has 0 bridgehead atoms. The number of hydrogen-bond acceptors (Lipinski definition) is 5. The van der Waals surface area contributed by atoms with Gasteiger partial charge in [0.1, 0.15) is 5.82 Å². The summed E-state index contributed by atoms with van der Waals surface area (Å²) in [7, 11) is 0. The number of hydrogen-bond donors (Lipinski definition) is 0. The third-order valence-corrected chi connectivity index (χ3v) is 6.36. The minimum absolute atomic E-state index is 0.101. The van der Waals surface area contributed by atoms with Crippen LogP contribution >= 0.6 is 0 Å². The zero-order valence-corrected chi connectivity index (χ0v) is 18.1. The van der Waals surface area contributed by atoms with Crippen molar-refractivity contribution in [2.24, 2.45) is 0 Å². The van der Waals surface area contributed by atoms with Crippen molar-refractivity contribution in [1.29, 1.82) is 0 Å². The number of piperidine rings is 1. The molecule has 2 saturated heterocycles. The average Bonchev–Trinajstić information content (AvgIpc) is 2.83. The quantitative estimate of drug-likeness (QED) is 0.650. The van der Waals surface area contributed by atoms with Crippen LogP contribution in [-0.2, 0) is 0 Å². The Morgan fingerprint density at radius 2 is 1.52 bits per heavy atom. The Hall–Kier alpha value is -3.15. The van der Waals surface area contributed by atoms with E-state index in [0.717, 1.165) is 60.0 Å². The second-order valence-corrected chi connectivity index (χ2v) is 8.56. The molecule has 0 radical (unpaired) electrons. The Labute approximate surface area is 183 Å². The fourth-order valence-corrected chi connectivity index (χ4v) is 4.58. The van der Waals surface area contributed by atoms with Gasteiger partial charge in [0.05, 0.1) is 0 Å². The molecule has 0 unspecified atom stereocenters. The third kappa shape index (κ3) is 4.20. The smallest absolute Gasteiger partial charge is 0.253 e. The molecule has 0 saturated carbocycles. The van der Waals surface area contributed by atoms with E-state index in [4.69, 9.17) is 9.97 Å². The van der Waals surface area contributed by atoms with Crippen molar-refractivity contribution in [3.63, 3.8) is 0 Å². The normalized spacial score (nSPS) is 17.3. The molecule has 2 aliphatic heterocycles. The van der Waals surface area contributed by atoms with Gasteiger partial charge in [-0.25, -0.2) is 4.98 Å². The molecule has 6 heteroatoms. The number of aryl methyl sites for hydroxylation is 1. The molecule has 6 nitrogen and oxygen atoms in total. The summed E-state index contributed by atoms with van der Waals surface area (Å²) in [6.07, 6.45) is 3.77. The molecule has 0 aliphatic carbocycles. The topological polar surface area (TPSA) is 52.6 Å². The van der Waals surface area contributed by atoms with Gasteiger partial charge in [-0.05, 0) is 49.1 Å². The Kier molecular flexibility index (Phi) is 5.45. The number of aromatic nitrogens is 2. The number of benzene rings is 2. The van der Waals surface area contributed by atoms with E-state index >= 15 is 0 Å². The lowest BCUT2D eigenvalue weighted by Gasteiger charge is -2.35. The highest BCUT2D eigenvalue weighted by atomic mass is 16.2. The first-order chi connectivity index (χ1) is 15.2. The predicted octanol–water partition coefficient (Wildman–Crippen LogP) is 3.89. The molecule has 5 rings (SSSR count). The average molecular weight is 416 g/mol. The summed E-state index contributed by atoms with van der Waals surface area (Å²) in [4.78, 5) is 29.2. The highest BCUT2D eigenvalue weighted by Gasteiger charge is 2.24. The number of carbonyl (C=O) groups is 1. The van der Waals surface area contributed by atoms with Crippen LogP contribution in [0.5, 0.6) is 0 Å². The van der Waals surface area contributed by atoms with E-state index < -0.39 is 0 Å². The number of anilines is 2. The Bertz CT molecular complexity index is 1080. The molecule has 0 atom stereocenters. The molecule has 1 amide bonds. The Morgan fingerprint density at radius 3 is 2.29 bits per heavy atom. The molecule has 2 aliphatic rings. The van der Waals surface area contributed by atoms with E-state index in [9.17, 15) is 4.79 Å². The van der Waals surface area contributed by atoms with Crippen LogP contribution in [0.15, 0.2) is 48.5 Å².